The zero-order valence-corrected chi connectivity index (χ0v) is 17.3. The number of nitrogens with one attached hydrogen (secondary N) is 3. The fraction of sp³-hybridized carbons (Fsp3) is 0.316. The number of hydrogen-bond acceptors (Lipinski definition) is 5. The summed E-state index contributed by atoms with van der Waals surface area (Å²) in [5.41, 5.74) is 0.148. The first-order valence-electron chi connectivity index (χ1n) is 9.05. The number of halogens is 3. The van der Waals surface area contributed by atoms with Gasteiger partial charge in [0.2, 0.25) is 0 Å². The third-order valence-corrected chi connectivity index (χ3v) is 4.52. The number of aliphatic hydroxyl groups excluding tert-OH is 1. The first kappa shape index (κ1) is 21.8. The molecular formula is C19H21F3N6OS. The van der Waals surface area contributed by atoms with E-state index in [9.17, 15) is 18.3 Å². The fourth-order valence-corrected chi connectivity index (χ4v) is 3.11. The number of anilines is 2. The Morgan fingerprint density at radius 2 is 2.03 bits per heavy atom. The van der Waals surface area contributed by atoms with Gasteiger partial charge >= 0.3 is 0 Å². The molecule has 0 bridgehead atoms. The van der Waals surface area contributed by atoms with E-state index in [0.29, 0.717) is 23.2 Å². The van der Waals surface area contributed by atoms with E-state index in [1.165, 1.54) is 10.7 Å². The van der Waals surface area contributed by atoms with E-state index in [1.807, 2.05) is 0 Å². The van der Waals surface area contributed by atoms with Gasteiger partial charge in [0.1, 0.15) is 17.3 Å². The van der Waals surface area contributed by atoms with Gasteiger partial charge in [-0.2, -0.15) is 5.10 Å². The SMILES string of the molecule is C[C@@H](Nc1ccn2ncc(NC(=S)NC(C)(C)CO)c2n1)c1cc(F)cc(F)c1F. The van der Waals surface area contributed by atoms with Gasteiger partial charge in [0.25, 0.3) is 0 Å². The Labute approximate surface area is 176 Å². The average molecular weight is 438 g/mol. The lowest BCUT2D eigenvalue weighted by molar-refractivity contribution is 0.207. The topological polar surface area (TPSA) is 86.5 Å². The van der Waals surface area contributed by atoms with Gasteiger partial charge in [-0.1, -0.05) is 0 Å². The lowest BCUT2D eigenvalue weighted by Gasteiger charge is -2.25. The number of aliphatic hydroxyl groups is 1. The summed E-state index contributed by atoms with van der Waals surface area (Å²) in [5, 5.41) is 22.7. The largest absolute Gasteiger partial charge is 0.394 e. The number of thiocarbonyl (C=S) groups is 1. The Kier molecular flexibility index (Phi) is 6.13. The second-order valence-electron chi connectivity index (χ2n) is 7.42. The van der Waals surface area contributed by atoms with Crippen molar-refractivity contribution in [3.05, 3.63) is 53.6 Å². The van der Waals surface area contributed by atoms with Crippen molar-refractivity contribution >= 4 is 34.5 Å². The molecule has 3 aromatic rings. The first-order valence-corrected chi connectivity index (χ1v) is 9.46. The van der Waals surface area contributed by atoms with E-state index >= 15 is 0 Å². The molecule has 0 unspecified atom stereocenters. The Morgan fingerprint density at radius 1 is 1.30 bits per heavy atom. The van der Waals surface area contributed by atoms with Crippen molar-refractivity contribution in [3.63, 3.8) is 0 Å². The molecule has 4 N–H and O–H groups in total. The summed E-state index contributed by atoms with van der Waals surface area (Å²) in [6.45, 7) is 5.01. The van der Waals surface area contributed by atoms with E-state index < -0.39 is 29.0 Å². The molecule has 160 valence electrons. The Morgan fingerprint density at radius 3 is 2.73 bits per heavy atom. The van der Waals surface area contributed by atoms with Crippen molar-refractivity contribution in [2.75, 3.05) is 17.2 Å². The molecule has 2 heterocycles. The van der Waals surface area contributed by atoms with Gasteiger partial charge in [0.05, 0.1) is 24.4 Å². The van der Waals surface area contributed by atoms with Crippen molar-refractivity contribution < 1.29 is 18.3 Å². The molecule has 0 fully saturated rings. The lowest BCUT2D eigenvalue weighted by atomic mass is 10.1. The fourth-order valence-electron chi connectivity index (χ4n) is 2.73. The van der Waals surface area contributed by atoms with Crippen molar-refractivity contribution in [2.24, 2.45) is 0 Å². The van der Waals surface area contributed by atoms with Crippen LogP contribution in [0.5, 0.6) is 0 Å². The predicted octanol–water partition coefficient (Wildman–Crippen LogP) is 3.38. The molecule has 0 amide bonds. The van der Waals surface area contributed by atoms with Crippen LogP contribution >= 0.6 is 12.2 Å². The predicted molar refractivity (Wildman–Crippen MR) is 112 cm³/mol. The van der Waals surface area contributed by atoms with Crippen LogP contribution in [0.2, 0.25) is 0 Å². The second kappa shape index (κ2) is 8.44. The van der Waals surface area contributed by atoms with E-state index in [0.717, 1.165) is 6.07 Å². The van der Waals surface area contributed by atoms with Crippen LogP contribution in [-0.2, 0) is 0 Å². The molecule has 30 heavy (non-hydrogen) atoms. The minimum absolute atomic E-state index is 0.120. The van der Waals surface area contributed by atoms with Crippen LogP contribution in [0.15, 0.2) is 30.6 Å². The average Bonchev–Trinajstić information content (AvgIpc) is 3.06. The molecule has 0 saturated carbocycles. The highest BCUT2D eigenvalue weighted by molar-refractivity contribution is 7.80. The molecule has 2 aromatic heterocycles. The number of fused-ring (bicyclic) bond motifs is 1. The van der Waals surface area contributed by atoms with Crippen LogP contribution in [0, 0.1) is 17.5 Å². The Bertz CT molecular complexity index is 1090. The zero-order valence-electron chi connectivity index (χ0n) is 16.5. The van der Waals surface area contributed by atoms with Gasteiger partial charge < -0.3 is 21.1 Å². The van der Waals surface area contributed by atoms with Gasteiger partial charge in [-0.15, -0.1) is 0 Å². The van der Waals surface area contributed by atoms with Crippen LogP contribution in [-0.4, -0.2) is 37.0 Å². The zero-order chi connectivity index (χ0) is 22.1. The maximum Gasteiger partial charge on any atom is 0.180 e. The molecule has 0 aliphatic heterocycles. The van der Waals surface area contributed by atoms with Crippen LogP contribution < -0.4 is 16.0 Å². The van der Waals surface area contributed by atoms with Gasteiger partial charge in [0, 0.05) is 17.8 Å². The summed E-state index contributed by atoms with van der Waals surface area (Å²) < 4.78 is 42.5. The van der Waals surface area contributed by atoms with Crippen molar-refractivity contribution in [3.8, 4) is 0 Å². The maximum absolute atomic E-state index is 14.0. The van der Waals surface area contributed by atoms with Gasteiger partial charge in [0.15, 0.2) is 22.4 Å². The summed E-state index contributed by atoms with van der Waals surface area (Å²) in [4.78, 5) is 4.42. The highest BCUT2D eigenvalue weighted by atomic mass is 32.1. The van der Waals surface area contributed by atoms with Crippen LogP contribution in [0.25, 0.3) is 5.65 Å². The van der Waals surface area contributed by atoms with E-state index in [4.69, 9.17) is 12.2 Å². The molecule has 3 rings (SSSR count). The minimum Gasteiger partial charge on any atom is -0.394 e. The number of hydrogen-bond donors (Lipinski definition) is 4. The lowest BCUT2D eigenvalue weighted by Crippen LogP contribution is -2.47. The van der Waals surface area contributed by atoms with Gasteiger partial charge in [-0.25, -0.2) is 22.7 Å². The van der Waals surface area contributed by atoms with E-state index in [1.54, 1.807) is 33.0 Å². The van der Waals surface area contributed by atoms with E-state index in [2.05, 4.69) is 26.0 Å². The number of benzene rings is 1. The molecular weight excluding hydrogens is 417 g/mol. The summed E-state index contributed by atoms with van der Waals surface area (Å²) in [6.07, 6.45) is 3.15. The van der Waals surface area contributed by atoms with Crippen LogP contribution in [0.1, 0.15) is 32.4 Å². The van der Waals surface area contributed by atoms with Crippen molar-refractivity contribution in [2.45, 2.75) is 32.4 Å². The number of aromatic nitrogens is 3. The highest BCUT2D eigenvalue weighted by Crippen LogP contribution is 2.25. The third-order valence-electron chi connectivity index (χ3n) is 4.32. The summed E-state index contributed by atoms with van der Waals surface area (Å²) in [7, 11) is 0. The maximum atomic E-state index is 14.0. The molecule has 11 heteroatoms. The second-order valence-corrected chi connectivity index (χ2v) is 7.83. The van der Waals surface area contributed by atoms with E-state index in [-0.39, 0.29) is 17.3 Å². The Balaban J connectivity index is 1.82. The minimum atomic E-state index is -1.25. The van der Waals surface area contributed by atoms with Crippen LogP contribution in [0.3, 0.4) is 0 Å². The molecule has 0 aliphatic carbocycles. The standard InChI is InChI=1S/C19H21F3N6OS/c1-10(12-6-11(20)7-13(21)16(12)22)24-15-4-5-28-17(26-15)14(8-23-28)25-18(30)27-19(2,3)9-29/h4-8,10,29H,9H2,1-3H3,(H,24,26)(H2,25,27,30)/t10-/m1/s1. The molecule has 0 aliphatic rings. The monoisotopic (exact) mass is 438 g/mol. The molecule has 1 atom stereocenters. The van der Waals surface area contributed by atoms with Crippen LogP contribution in [0.4, 0.5) is 24.7 Å². The summed E-state index contributed by atoms with van der Waals surface area (Å²) in [5.74, 6) is -2.89. The quantitative estimate of drug-likeness (QED) is 0.347. The number of rotatable bonds is 6. The molecule has 0 radical (unpaired) electrons. The molecule has 1 aromatic carbocycles. The smallest absolute Gasteiger partial charge is 0.180 e. The number of nitrogens with zero attached hydrogens (tertiary/aromatic N) is 3. The first-order chi connectivity index (χ1) is 14.1. The molecule has 0 saturated heterocycles. The summed E-state index contributed by atoms with van der Waals surface area (Å²) >= 11 is 5.26. The van der Waals surface area contributed by atoms with Gasteiger partial charge in [-0.05, 0) is 45.1 Å². The molecule has 7 nitrogen and oxygen atoms in total. The highest BCUT2D eigenvalue weighted by Gasteiger charge is 2.19. The molecule has 0 spiro atoms. The van der Waals surface area contributed by atoms with Gasteiger partial charge in [-0.3, -0.25) is 0 Å². The third kappa shape index (κ3) is 4.79. The Hall–Kier alpha value is -2.92. The van der Waals surface area contributed by atoms with Crippen molar-refractivity contribution in [1.82, 2.24) is 19.9 Å². The van der Waals surface area contributed by atoms with Crippen molar-refractivity contribution in [1.29, 1.82) is 0 Å². The normalized spacial score (nSPS) is 12.6. The summed E-state index contributed by atoms with van der Waals surface area (Å²) in [6, 6.07) is 2.28.